The number of carbonyl (C=O) groups is 1. The summed E-state index contributed by atoms with van der Waals surface area (Å²) >= 11 is 0. The van der Waals surface area contributed by atoms with Crippen molar-refractivity contribution in [3.63, 3.8) is 0 Å². The Labute approximate surface area is 213 Å². The molecule has 37 heavy (non-hydrogen) atoms. The minimum atomic E-state index is -0.291. The number of aryl methyl sites for hydroxylation is 1. The van der Waals surface area contributed by atoms with Crippen molar-refractivity contribution in [2.75, 3.05) is 20.0 Å². The smallest absolute Gasteiger partial charge is 0.214 e. The van der Waals surface area contributed by atoms with Crippen molar-refractivity contribution in [3.05, 3.63) is 96.3 Å². The number of hydrogen-bond donors (Lipinski definition) is 3. The van der Waals surface area contributed by atoms with Crippen LogP contribution in [-0.2, 0) is 4.74 Å². The topological polar surface area (TPSA) is 124 Å². The Bertz CT molecular complexity index is 1670. The van der Waals surface area contributed by atoms with Gasteiger partial charge in [-0.1, -0.05) is 18.7 Å². The van der Waals surface area contributed by atoms with Gasteiger partial charge in [-0.2, -0.15) is 5.10 Å². The van der Waals surface area contributed by atoms with Crippen molar-refractivity contribution in [2.45, 2.75) is 6.92 Å². The van der Waals surface area contributed by atoms with Crippen LogP contribution < -0.4 is 10.5 Å². The second-order valence-electron chi connectivity index (χ2n) is 8.48. The van der Waals surface area contributed by atoms with Gasteiger partial charge in [0.1, 0.15) is 17.4 Å². The molecule has 2 aromatic carbocycles. The summed E-state index contributed by atoms with van der Waals surface area (Å²) < 4.78 is 12.0. The molecule has 9 nitrogen and oxygen atoms in total. The Kier molecular flexibility index (Phi) is 6.10. The standard InChI is InChI=1S/C28H26N6O3/c1-16(10-11-36-3)21-14-25(33-26(21)18-6-5-7-20(12-18)37-4)27(35)22-15-30-34(28(22)29)19-8-9-23-24(13-19)32-17(2)31-23/h5-15,33H,1,29H2,2-4H3,(H,31,32)/b11-10+. The lowest BCUT2D eigenvalue weighted by molar-refractivity contribution is 0.103. The molecule has 0 radical (unpaired) electrons. The molecule has 5 aromatic rings. The molecule has 0 atom stereocenters. The number of nitrogens with zero attached hydrogens (tertiary/aromatic N) is 3. The van der Waals surface area contributed by atoms with Crippen molar-refractivity contribution in [1.82, 2.24) is 24.7 Å². The average molecular weight is 495 g/mol. The number of imidazole rings is 1. The number of carbonyl (C=O) groups excluding carboxylic acids is 1. The Morgan fingerprint density at radius 1 is 1.11 bits per heavy atom. The maximum Gasteiger partial charge on any atom is 0.214 e. The van der Waals surface area contributed by atoms with Crippen LogP contribution in [0.15, 0.2) is 73.6 Å². The summed E-state index contributed by atoms with van der Waals surface area (Å²) in [6, 6.07) is 15.0. The first-order chi connectivity index (χ1) is 17.9. The molecule has 0 bridgehead atoms. The van der Waals surface area contributed by atoms with E-state index < -0.39 is 0 Å². The van der Waals surface area contributed by atoms with Gasteiger partial charge in [0, 0.05) is 11.1 Å². The summed E-state index contributed by atoms with van der Waals surface area (Å²) in [6.45, 7) is 6.04. The van der Waals surface area contributed by atoms with Crippen LogP contribution in [0.1, 0.15) is 27.4 Å². The fourth-order valence-corrected chi connectivity index (χ4v) is 4.22. The van der Waals surface area contributed by atoms with Gasteiger partial charge in [-0.3, -0.25) is 4.79 Å². The van der Waals surface area contributed by atoms with Crippen LogP contribution in [0.3, 0.4) is 0 Å². The molecular formula is C28H26N6O3. The van der Waals surface area contributed by atoms with Crippen LogP contribution in [0.4, 0.5) is 5.82 Å². The number of ketones is 1. The summed E-state index contributed by atoms with van der Waals surface area (Å²) in [4.78, 5) is 24.5. The number of ether oxygens (including phenoxy) is 2. The lowest BCUT2D eigenvalue weighted by atomic mass is 10.0. The van der Waals surface area contributed by atoms with Gasteiger partial charge in [0.25, 0.3) is 0 Å². The number of H-pyrrole nitrogens is 2. The van der Waals surface area contributed by atoms with E-state index in [0.717, 1.165) is 39.4 Å². The fraction of sp³-hybridized carbons (Fsp3) is 0.107. The Hall–Kier alpha value is -5.05. The Morgan fingerprint density at radius 2 is 1.95 bits per heavy atom. The van der Waals surface area contributed by atoms with Gasteiger partial charge in [-0.05, 0) is 55.0 Å². The van der Waals surface area contributed by atoms with Crippen LogP contribution in [0, 0.1) is 6.92 Å². The zero-order chi connectivity index (χ0) is 26.1. The van der Waals surface area contributed by atoms with E-state index in [0.29, 0.717) is 17.0 Å². The minimum absolute atomic E-state index is 0.234. The molecule has 0 fully saturated rings. The normalized spacial score (nSPS) is 11.3. The zero-order valence-electron chi connectivity index (χ0n) is 20.7. The van der Waals surface area contributed by atoms with E-state index in [1.807, 2.05) is 49.4 Å². The molecule has 0 unspecified atom stereocenters. The number of aromatic amines is 2. The summed E-state index contributed by atoms with van der Waals surface area (Å²) in [5.41, 5.74) is 12.4. The monoisotopic (exact) mass is 494 g/mol. The second-order valence-corrected chi connectivity index (χ2v) is 8.48. The van der Waals surface area contributed by atoms with E-state index in [-0.39, 0.29) is 17.2 Å². The summed E-state index contributed by atoms with van der Waals surface area (Å²) in [7, 11) is 3.17. The van der Waals surface area contributed by atoms with Gasteiger partial charge < -0.3 is 25.2 Å². The number of nitrogen functional groups attached to an aromatic ring is 1. The number of benzene rings is 2. The van der Waals surface area contributed by atoms with Crippen molar-refractivity contribution in [3.8, 4) is 22.7 Å². The van der Waals surface area contributed by atoms with Gasteiger partial charge in [0.15, 0.2) is 0 Å². The molecule has 9 heteroatoms. The SMILES string of the molecule is C=C(/C=C/OC)c1cc(C(=O)c2cnn(-c3ccc4nc(C)[nH]c4c3)c2N)[nH]c1-c1cccc(OC)c1. The van der Waals surface area contributed by atoms with Gasteiger partial charge in [0.2, 0.25) is 5.78 Å². The number of allylic oxidation sites excluding steroid dienone is 2. The van der Waals surface area contributed by atoms with E-state index in [9.17, 15) is 4.79 Å². The van der Waals surface area contributed by atoms with E-state index in [4.69, 9.17) is 15.2 Å². The second kappa shape index (κ2) is 9.54. The van der Waals surface area contributed by atoms with Crippen molar-refractivity contribution >= 4 is 28.2 Å². The van der Waals surface area contributed by atoms with Crippen LogP contribution in [0.5, 0.6) is 5.75 Å². The molecule has 3 aromatic heterocycles. The molecule has 3 heterocycles. The van der Waals surface area contributed by atoms with E-state index >= 15 is 0 Å². The molecule has 0 aliphatic heterocycles. The molecule has 0 saturated carbocycles. The van der Waals surface area contributed by atoms with Gasteiger partial charge in [-0.25, -0.2) is 9.67 Å². The fourth-order valence-electron chi connectivity index (χ4n) is 4.22. The largest absolute Gasteiger partial charge is 0.504 e. The molecule has 0 amide bonds. The minimum Gasteiger partial charge on any atom is -0.504 e. The predicted molar refractivity (Wildman–Crippen MR) is 144 cm³/mol. The molecule has 186 valence electrons. The third-order valence-electron chi connectivity index (χ3n) is 6.05. The summed E-state index contributed by atoms with van der Waals surface area (Å²) in [5.74, 6) is 1.45. The van der Waals surface area contributed by atoms with E-state index in [2.05, 4.69) is 26.6 Å². The predicted octanol–water partition coefficient (Wildman–Crippen LogP) is 5.05. The van der Waals surface area contributed by atoms with E-state index in [1.165, 1.54) is 17.1 Å². The third-order valence-corrected chi connectivity index (χ3v) is 6.05. The van der Waals surface area contributed by atoms with Crippen LogP contribution in [-0.4, -0.2) is 44.7 Å². The highest BCUT2D eigenvalue weighted by atomic mass is 16.5. The Balaban J connectivity index is 1.55. The van der Waals surface area contributed by atoms with Crippen LogP contribution in [0.2, 0.25) is 0 Å². The van der Waals surface area contributed by atoms with Crippen LogP contribution >= 0.6 is 0 Å². The number of aromatic nitrogens is 5. The molecule has 0 aliphatic carbocycles. The average Bonchev–Trinajstić information content (AvgIpc) is 3.62. The number of nitrogens with two attached hydrogens (primary N) is 1. The first-order valence-corrected chi connectivity index (χ1v) is 11.5. The first-order valence-electron chi connectivity index (χ1n) is 11.5. The molecule has 0 saturated heterocycles. The quantitative estimate of drug-likeness (QED) is 0.158. The van der Waals surface area contributed by atoms with Gasteiger partial charge in [0.05, 0.1) is 60.4 Å². The summed E-state index contributed by atoms with van der Waals surface area (Å²) in [6.07, 6.45) is 4.75. The van der Waals surface area contributed by atoms with Crippen molar-refractivity contribution in [1.29, 1.82) is 0 Å². The lowest BCUT2D eigenvalue weighted by Crippen LogP contribution is -2.07. The molecule has 0 aliphatic rings. The highest BCUT2D eigenvalue weighted by molar-refractivity contribution is 6.11. The number of methoxy groups -OCH3 is 2. The van der Waals surface area contributed by atoms with Gasteiger partial charge in [-0.15, -0.1) is 0 Å². The number of anilines is 1. The lowest BCUT2D eigenvalue weighted by Gasteiger charge is -2.06. The maximum atomic E-state index is 13.6. The highest BCUT2D eigenvalue weighted by Crippen LogP contribution is 2.33. The highest BCUT2D eigenvalue weighted by Gasteiger charge is 2.22. The van der Waals surface area contributed by atoms with E-state index in [1.54, 1.807) is 26.4 Å². The van der Waals surface area contributed by atoms with Crippen molar-refractivity contribution < 1.29 is 14.3 Å². The van der Waals surface area contributed by atoms with Crippen molar-refractivity contribution in [2.24, 2.45) is 0 Å². The number of hydrogen-bond acceptors (Lipinski definition) is 6. The number of fused-ring (bicyclic) bond motifs is 1. The number of rotatable bonds is 8. The van der Waals surface area contributed by atoms with Gasteiger partial charge >= 0.3 is 0 Å². The first kappa shape index (κ1) is 23.7. The van der Waals surface area contributed by atoms with Crippen LogP contribution in [0.25, 0.3) is 33.6 Å². The molecular weight excluding hydrogens is 468 g/mol. The maximum absolute atomic E-state index is 13.6. The summed E-state index contributed by atoms with van der Waals surface area (Å²) in [5, 5.41) is 4.39. The zero-order valence-corrected chi connectivity index (χ0v) is 20.7. The molecule has 0 spiro atoms. The number of nitrogens with one attached hydrogen (secondary N) is 2. The Morgan fingerprint density at radius 3 is 2.73 bits per heavy atom. The third kappa shape index (κ3) is 4.38. The molecule has 4 N–H and O–H groups in total. The molecule has 5 rings (SSSR count).